The highest BCUT2D eigenvalue weighted by Crippen LogP contribution is 2.26. The molecule has 6 heteroatoms. The van der Waals surface area contributed by atoms with E-state index in [1.54, 1.807) is 11.3 Å². The van der Waals surface area contributed by atoms with Crippen molar-refractivity contribution in [2.24, 2.45) is 5.92 Å². The number of urea groups is 1. The number of hydrogen-bond donors (Lipinski definition) is 3. The molecule has 0 radical (unpaired) electrons. The molecule has 0 saturated heterocycles. The first-order chi connectivity index (χ1) is 9.08. The van der Waals surface area contributed by atoms with Crippen LogP contribution >= 0.6 is 11.3 Å². The first kappa shape index (κ1) is 13.9. The Kier molecular flexibility index (Phi) is 4.42. The molecule has 1 aromatic heterocycles. The third kappa shape index (κ3) is 3.47. The minimum absolute atomic E-state index is 0.0651. The second kappa shape index (κ2) is 6.06. The molecule has 104 valence electrons. The second-order valence-electron chi connectivity index (χ2n) is 4.84. The number of amides is 2. The summed E-state index contributed by atoms with van der Waals surface area (Å²) in [7, 11) is 0. The standard InChI is InChI=1S/C13H18N2O3S/c1-8(11-6-3-7-19-11)14-13(18)15-10-5-2-4-9(10)12(16)17/h3,6-10H,2,4-5H2,1H3,(H,16,17)(H2,14,15,18). The van der Waals surface area contributed by atoms with E-state index in [0.29, 0.717) is 6.42 Å². The smallest absolute Gasteiger partial charge is 0.315 e. The van der Waals surface area contributed by atoms with Gasteiger partial charge in [0, 0.05) is 10.9 Å². The molecule has 1 aromatic rings. The largest absolute Gasteiger partial charge is 0.481 e. The van der Waals surface area contributed by atoms with E-state index >= 15 is 0 Å². The first-order valence-corrected chi connectivity index (χ1v) is 7.29. The van der Waals surface area contributed by atoms with Gasteiger partial charge in [0.25, 0.3) is 0 Å². The Hall–Kier alpha value is -1.56. The van der Waals surface area contributed by atoms with Crippen LogP contribution in [0.5, 0.6) is 0 Å². The quantitative estimate of drug-likeness (QED) is 0.793. The van der Waals surface area contributed by atoms with Crippen LogP contribution in [-0.2, 0) is 4.79 Å². The van der Waals surface area contributed by atoms with Crippen LogP contribution in [-0.4, -0.2) is 23.1 Å². The van der Waals surface area contributed by atoms with E-state index in [4.69, 9.17) is 5.11 Å². The summed E-state index contributed by atoms with van der Waals surface area (Å²) in [6, 6.07) is 3.29. The molecule has 3 atom stereocenters. The lowest BCUT2D eigenvalue weighted by Gasteiger charge is -2.20. The molecule has 19 heavy (non-hydrogen) atoms. The van der Waals surface area contributed by atoms with Gasteiger partial charge < -0.3 is 15.7 Å². The number of hydrogen-bond acceptors (Lipinski definition) is 3. The zero-order valence-corrected chi connectivity index (χ0v) is 11.6. The Labute approximate surface area is 116 Å². The first-order valence-electron chi connectivity index (χ1n) is 6.41. The Morgan fingerprint density at radius 1 is 1.47 bits per heavy atom. The lowest BCUT2D eigenvalue weighted by molar-refractivity contribution is -0.142. The SMILES string of the molecule is CC(NC(=O)NC1CCCC1C(=O)O)c1cccs1. The second-order valence-corrected chi connectivity index (χ2v) is 5.82. The van der Waals surface area contributed by atoms with Crippen LogP contribution in [0.25, 0.3) is 0 Å². The van der Waals surface area contributed by atoms with Crippen LogP contribution in [0.1, 0.15) is 37.1 Å². The average molecular weight is 282 g/mol. The molecular formula is C13H18N2O3S. The van der Waals surface area contributed by atoms with Gasteiger partial charge in [-0.1, -0.05) is 12.5 Å². The van der Waals surface area contributed by atoms with E-state index in [0.717, 1.165) is 17.7 Å². The van der Waals surface area contributed by atoms with Crippen molar-refractivity contribution in [2.45, 2.75) is 38.3 Å². The zero-order chi connectivity index (χ0) is 13.8. The van der Waals surface area contributed by atoms with Gasteiger partial charge in [-0.15, -0.1) is 11.3 Å². The highest BCUT2D eigenvalue weighted by atomic mass is 32.1. The summed E-state index contributed by atoms with van der Waals surface area (Å²) in [6.45, 7) is 1.91. The minimum atomic E-state index is -0.825. The van der Waals surface area contributed by atoms with E-state index in [9.17, 15) is 9.59 Å². The molecular weight excluding hydrogens is 264 g/mol. The van der Waals surface area contributed by atoms with Gasteiger partial charge >= 0.3 is 12.0 Å². The molecule has 1 aliphatic rings. The van der Waals surface area contributed by atoms with Gasteiger partial charge in [0.2, 0.25) is 0 Å². The van der Waals surface area contributed by atoms with Crippen molar-refractivity contribution in [1.29, 1.82) is 0 Å². The molecule has 1 aliphatic carbocycles. The molecule has 2 amide bonds. The Morgan fingerprint density at radius 3 is 2.89 bits per heavy atom. The maximum absolute atomic E-state index is 11.9. The molecule has 3 unspecified atom stereocenters. The summed E-state index contributed by atoms with van der Waals surface area (Å²) in [5.41, 5.74) is 0. The number of nitrogens with one attached hydrogen (secondary N) is 2. The molecule has 0 bridgehead atoms. The molecule has 0 aliphatic heterocycles. The van der Waals surface area contributed by atoms with Gasteiger partial charge in [0.05, 0.1) is 12.0 Å². The van der Waals surface area contributed by atoms with Crippen molar-refractivity contribution >= 4 is 23.3 Å². The molecule has 5 nitrogen and oxygen atoms in total. The van der Waals surface area contributed by atoms with E-state index < -0.39 is 11.9 Å². The molecule has 2 rings (SSSR count). The highest BCUT2D eigenvalue weighted by Gasteiger charge is 2.34. The molecule has 3 N–H and O–H groups in total. The van der Waals surface area contributed by atoms with Gasteiger partial charge in [-0.05, 0) is 31.2 Å². The Bertz CT molecular complexity index is 447. The highest BCUT2D eigenvalue weighted by molar-refractivity contribution is 7.10. The van der Waals surface area contributed by atoms with Crippen molar-refractivity contribution in [1.82, 2.24) is 10.6 Å². The third-order valence-electron chi connectivity index (χ3n) is 3.47. The number of rotatable bonds is 4. The van der Waals surface area contributed by atoms with Gasteiger partial charge in [0.15, 0.2) is 0 Å². The predicted octanol–water partition coefficient (Wildman–Crippen LogP) is 2.36. The lowest BCUT2D eigenvalue weighted by atomic mass is 10.0. The molecule has 1 heterocycles. The minimum Gasteiger partial charge on any atom is -0.481 e. The van der Waals surface area contributed by atoms with Crippen LogP contribution in [0.15, 0.2) is 17.5 Å². The van der Waals surface area contributed by atoms with Gasteiger partial charge in [0.1, 0.15) is 0 Å². The van der Waals surface area contributed by atoms with Gasteiger partial charge in [-0.2, -0.15) is 0 Å². The van der Waals surface area contributed by atoms with Crippen molar-refractivity contribution in [3.63, 3.8) is 0 Å². The summed E-state index contributed by atoms with van der Waals surface area (Å²) in [6.07, 6.45) is 2.22. The topological polar surface area (TPSA) is 78.4 Å². The Morgan fingerprint density at radius 2 is 2.26 bits per heavy atom. The van der Waals surface area contributed by atoms with Crippen LogP contribution in [0, 0.1) is 5.92 Å². The van der Waals surface area contributed by atoms with Crippen LogP contribution in [0.4, 0.5) is 4.79 Å². The summed E-state index contributed by atoms with van der Waals surface area (Å²) in [4.78, 5) is 24.0. The summed E-state index contributed by atoms with van der Waals surface area (Å²) in [5.74, 6) is -1.28. The van der Waals surface area contributed by atoms with Crippen molar-refractivity contribution in [3.8, 4) is 0 Å². The maximum Gasteiger partial charge on any atom is 0.315 e. The number of carbonyl (C=O) groups excluding carboxylic acids is 1. The van der Waals surface area contributed by atoms with Gasteiger partial charge in [-0.3, -0.25) is 4.79 Å². The number of carboxylic acid groups (broad SMARTS) is 1. The van der Waals surface area contributed by atoms with E-state index in [1.165, 1.54) is 0 Å². The van der Waals surface area contributed by atoms with E-state index in [-0.39, 0.29) is 18.1 Å². The van der Waals surface area contributed by atoms with Gasteiger partial charge in [-0.25, -0.2) is 4.79 Å². The predicted molar refractivity (Wildman–Crippen MR) is 73.2 cm³/mol. The summed E-state index contributed by atoms with van der Waals surface area (Å²) < 4.78 is 0. The molecule has 0 aromatic carbocycles. The van der Waals surface area contributed by atoms with Crippen molar-refractivity contribution < 1.29 is 14.7 Å². The van der Waals surface area contributed by atoms with E-state index in [2.05, 4.69) is 10.6 Å². The maximum atomic E-state index is 11.9. The monoisotopic (exact) mass is 282 g/mol. The normalized spacial score (nSPS) is 23.8. The average Bonchev–Trinajstić information content (AvgIpc) is 2.98. The fraction of sp³-hybridized carbons (Fsp3) is 0.538. The van der Waals surface area contributed by atoms with Crippen LogP contribution in [0.2, 0.25) is 0 Å². The summed E-state index contributed by atoms with van der Waals surface area (Å²) >= 11 is 1.58. The van der Waals surface area contributed by atoms with E-state index in [1.807, 2.05) is 24.4 Å². The molecule has 1 saturated carbocycles. The van der Waals surface area contributed by atoms with Crippen molar-refractivity contribution in [2.75, 3.05) is 0 Å². The fourth-order valence-corrected chi connectivity index (χ4v) is 3.18. The number of thiophene rings is 1. The third-order valence-corrected chi connectivity index (χ3v) is 4.52. The Balaban J connectivity index is 1.86. The van der Waals surface area contributed by atoms with Crippen LogP contribution < -0.4 is 10.6 Å². The number of carbonyl (C=O) groups is 2. The van der Waals surface area contributed by atoms with Crippen LogP contribution in [0.3, 0.4) is 0 Å². The lowest BCUT2D eigenvalue weighted by Crippen LogP contribution is -2.45. The number of carboxylic acids is 1. The zero-order valence-electron chi connectivity index (χ0n) is 10.8. The fourth-order valence-electron chi connectivity index (χ4n) is 2.44. The summed E-state index contributed by atoms with van der Waals surface area (Å²) in [5, 5.41) is 16.6. The molecule has 0 spiro atoms. The van der Waals surface area contributed by atoms with Crippen molar-refractivity contribution in [3.05, 3.63) is 22.4 Å². The molecule has 1 fully saturated rings. The number of aliphatic carboxylic acids is 1.